The predicted molar refractivity (Wildman–Crippen MR) is 93.7 cm³/mol. The van der Waals surface area contributed by atoms with Gasteiger partial charge in [-0.25, -0.2) is 4.79 Å². The molecule has 2 aromatic carbocycles. The van der Waals surface area contributed by atoms with E-state index in [2.05, 4.69) is 0 Å². The van der Waals surface area contributed by atoms with Crippen molar-refractivity contribution in [3.63, 3.8) is 0 Å². The van der Waals surface area contributed by atoms with Gasteiger partial charge in [-0.05, 0) is 55.0 Å². The van der Waals surface area contributed by atoms with Gasteiger partial charge < -0.3 is 14.0 Å². The van der Waals surface area contributed by atoms with E-state index in [1.807, 2.05) is 65.4 Å². The Morgan fingerprint density at radius 3 is 2.33 bits per heavy atom. The van der Waals surface area contributed by atoms with Gasteiger partial charge >= 0.3 is 5.97 Å². The Labute approximate surface area is 141 Å². The van der Waals surface area contributed by atoms with E-state index in [4.69, 9.17) is 9.47 Å². The van der Waals surface area contributed by atoms with Gasteiger partial charge in [0.2, 0.25) is 0 Å². The fourth-order valence-electron chi connectivity index (χ4n) is 2.65. The molecule has 0 spiro atoms. The standard InChI is InChI=1S/C20H19NO3/c1-3-24-20(22)18-13-14-21(16-7-5-4-6-8-16)19(18)15-9-11-17(23-2)12-10-15/h4-14H,3H2,1-2H3. The van der Waals surface area contributed by atoms with Crippen molar-refractivity contribution in [2.75, 3.05) is 13.7 Å². The van der Waals surface area contributed by atoms with Crippen LogP contribution in [0, 0.1) is 0 Å². The molecule has 0 saturated heterocycles. The molecule has 0 unspecified atom stereocenters. The molecule has 1 aromatic heterocycles. The second-order valence-electron chi connectivity index (χ2n) is 5.23. The highest BCUT2D eigenvalue weighted by atomic mass is 16.5. The van der Waals surface area contributed by atoms with Crippen LogP contribution in [0.15, 0.2) is 66.9 Å². The van der Waals surface area contributed by atoms with E-state index in [0.717, 1.165) is 22.7 Å². The molecule has 0 amide bonds. The lowest BCUT2D eigenvalue weighted by atomic mass is 10.1. The third-order valence-corrected chi connectivity index (χ3v) is 3.78. The number of carbonyl (C=O) groups is 1. The second-order valence-corrected chi connectivity index (χ2v) is 5.23. The van der Waals surface area contributed by atoms with Crippen molar-refractivity contribution in [1.82, 2.24) is 4.57 Å². The van der Waals surface area contributed by atoms with Gasteiger partial charge in [-0.1, -0.05) is 18.2 Å². The van der Waals surface area contributed by atoms with Gasteiger partial charge in [-0.3, -0.25) is 0 Å². The summed E-state index contributed by atoms with van der Waals surface area (Å²) < 4.78 is 12.4. The van der Waals surface area contributed by atoms with E-state index < -0.39 is 0 Å². The van der Waals surface area contributed by atoms with Crippen LogP contribution in [0.4, 0.5) is 0 Å². The molecule has 1 heterocycles. The zero-order valence-electron chi connectivity index (χ0n) is 13.7. The van der Waals surface area contributed by atoms with Crippen LogP contribution in [0.5, 0.6) is 5.75 Å². The Kier molecular flexibility index (Phi) is 4.66. The highest BCUT2D eigenvalue weighted by Crippen LogP contribution is 2.30. The Hall–Kier alpha value is -3.01. The van der Waals surface area contributed by atoms with Gasteiger partial charge in [0.15, 0.2) is 0 Å². The highest BCUT2D eigenvalue weighted by molar-refractivity contribution is 5.97. The molecule has 4 nitrogen and oxygen atoms in total. The number of esters is 1. The maximum absolute atomic E-state index is 12.3. The number of benzene rings is 2. The Balaban J connectivity index is 2.15. The molecule has 24 heavy (non-hydrogen) atoms. The molecule has 0 fully saturated rings. The quantitative estimate of drug-likeness (QED) is 0.657. The smallest absolute Gasteiger partial charge is 0.340 e. The van der Waals surface area contributed by atoms with Crippen molar-refractivity contribution in [1.29, 1.82) is 0 Å². The topological polar surface area (TPSA) is 40.5 Å². The summed E-state index contributed by atoms with van der Waals surface area (Å²) in [5.41, 5.74) is 3.26. The molecular weight excluding hydrogens is 302 g/mol. The first-order chi connectivity index (χ1) is 11.7. The van der Waals surface area contributed by atoms with Crippen molar-refractivity contribution in [2.24, 2.45) is 0 Å². The molecule has 0 radical (unpaired) electrons. The number of hydrogen-bond donors (Lipinski definition) is 0. The van der Waals surface area contributed by atoms with Gasteiger partial charge in [0, 0.05) is 11.9 Å². The molecule has 122 valence electrons. The van der Waals surface area contributed by atoms with Gasteiger partial charge in [-0.2, -0.15) is 0 Å². The number of ether oxygens (including phenoxy) is 2. The fraction of sp³-hybridized carbons (Fsp3) is 0.150. The average molecular weight is 321 g/mol. The lowest BCUT2D eigenvalue weighted by molar-refractivity contribution is 0.0527. The first kappa shape index (κ1) is 15.9. The van der Waals surface area contributed by atoms with Gasteiger partial charge in [-0.15, -0.1) is 0 Å². The van der Waals surface area contributed by atoms with E-state index in [9.17, 15) is 4.79 Å². The van der Waals surface area contributed by atoms with Crippen LogP contribution in [-0.2, 0) is 4.74 Å². The monoisotopic (exact) mass is 321 g/mol. The van der Waals surface area contributed by atoms with Crippen LogP contribution in [-0.4, -0.2) is 24.3 Å². The fourth-order valence-corrected chi connectivity index (χ4v) is 2.65. The zero-order valence-corrected chi connectivity index (χ0v) is 13.7. The first-order valence-corrected chi connectivity index (χ1v) is 7.83. The number of carbonyl (C=O) groups excluding carboxylic acids is 1. The SMILES string of the molecule is CCOC(=O)c1ccn(-c2ccccc2)c1-c1ccc(OC)cc1. The van der Waals surface area contributed by atoms with Gasteiger partial charge in [0.25, 0.3) is 0 Å². The average Bonchev–Trinajstić information content (AvgIpc) is 3.08. The van der Waals surface area contributed by atoms with Crippen LogP contribution in [0.3, 0.4) is 0 Å². The number of methoxy groups -OCH3 is 1. The minimum atomic E-state index is -0.321. The number of aromatic nitrogens is 1. The van der Waals surface area contributed by atoms with Crippen molar-refractivity contribution < 1.29 is 14.3 Å². The first-order valence-electron chi connectivity index (χ1n) is 7.83. The number of rotatable bonds is 5. The van der Waals surface area contributed by atoms with E-state index in [-0.39, 0.29) is 5.97 Å². The summed E-state index contributed by atoms with van der Waals surface area (Å²) in [7, 11) is 1.63. The van der Waals surface area contributed by atoms with E-state index in [1.165, 1.54) is 0 Å². The van der Waals surface area contributed by atoms with Crippen molar-refractivity contribution in [2.45, 2.75) is 6.92 Å². The van der Waals surface area contributed by atoms with Crippen molar-refractivity contribution in [3.05, 3.63) is 72.4 Å². The molecule has 0 aliphatic carbocycles. The third kappa shape index (κ3) is 3.04. The van der Waals surface area contributed by atoms with Crippen molar-refractivity contribution in [3.8, 4) is 22.7 Å². The molecular formula is C20H19NO3. The Morgan fingerprint density at radius 2 is 1.71 bits per heavy atom. The molecule has 0 bridgehead atoms. The normalized spacial score (nSPS) is 10.4. The van der Waals surface area contributed by atoms with E-state index in [1.54, 1.807) is 20.1 Å². The Morgan fingerprint density at radius 1 is 1.00 bits per heavy atom. The largest absolute Gasteiger partial charge is 0.497 e. The second kappa shape index (κ2) is 7.04. The highest BCUT2D eigenvalue weighted by Gasteiger charge is 2.19. The lowest BCUT2D eigenvalue weighted by Crippen LogP contribution is -2.06. The maximum atomic E-state index is 12.3. The van der Waals surface area contributed by atoms with Crippen molar-refractivity contribution >= 4 is 5.97 Å². The zero-order chi connectivity index (χ0) is 16.9. The van der Waals surface area contributed by atoms with Crippen LogP contribution < -0.4 is 4.74 Å². The summed E-state index contributed by atoms with van der Waals surface area (Å²) in [5, 5.41) is 0. The van der Waals surface area contributed by atoms with E-state index in [0.29, 0.717) is 12.2 Å². The van der Waals surface area contributed by atoms with Gasteiger partial charge in [0.1, 0.15) is 5.75 Å². The van der Waals surface area contributed by atoms with Gasteiger partial charge in [0.05, 0.1) is 25.0 Å². The van der Waals surface area contributed by atoms with Crippen LogP contribution in [0.1, 0.15) is 17.3 Å². The number of nitrogens with zero attached hydrogens (tertiary/aromatic N) is 1. The summed E-state index contributed by atoms with van der Waals surface area (Å²) in [6.07, 6.45) is 1.89. The summed E-state index contributed by atoms with van der Waals surface area (Å²) >= 11 is 0. The van der Waals surface area contributed by atoms with Crippen LogP contribution in [0.25, 0.3) is 16.9 Å². The van der Waals surface area contributed by atoms with Crippen LogP contribution >= 0.6 is 0 Å². The summed E-state index contributed by atoms with van der Waals surface area (Å²) in [5.74, 6) is 0.451. The number of para-hydroxylation sites is 1. The minimum Gasteiger partial charge on any atom is -0.497 e. The lowest BCUT2D eigenvalue weighted by Gasteiger charge is -2.12. The predicted octanol–water partition coefficient (Wildman–Crippen LogP) is 4.33. The minimum absolute atomic E-state index is 0.321. The molecule has 0 aliphatic heterocycles. The Bertz CT molecular complexity index is 820. The molecule has 0 atom stereocenters. The molecule has 0 saturated carbocycles. The molecule has 0 aliphatic rings. The summed E-state index contributed by atoms with van der Waals surface area (Å²) in [4.78, 5) is 12.3. The van der Waals surface area contributed by atoms with E-state index >= 15 is 0 Å². The maximum Gasteiger partial charge on any atom is 0.340 e. The molecule has 3 rings (SSSR count). The molecule has 3 aromatic rings. The molecule has 0 N–H and O–H groups in total. The summed E-state index contributed by atoms with van der Waals surface area (Å²) in [6, 6.07) is 19.3. The molecule has 4 heteroatoms. The number of hydrogen-bond acceptors (Lipinski definition) is 3. The van der Waals surface area contributed by atoms with Crippen LogP contribution in [0.2, 0.25) is 0 Å². The summed E-state index contributed by atoms with van der Waals surface area (Å²) in [6.45, 7) is 2.15. The third-order valence-electron chi connectivity index (χ3n) is 3.78.